The van der Waals surface area contributed by atoms with Crippen LogP contribution in [0.4, 0.5) is 0 Å². The standard InChI is InChI=1S/C15H26O/c1-5-9-12-15(11-7-3)16-13-14(8-4)10-6-2/h6-8,10-11,15H,5,9,12-13H2,1-4H3/b10-6-,11-7+,14-8+. The summed E-state index contributed by atoms with van der Waals surface area (Å²) in [6.45, 7) is 9.05. The van der Waals surface area contributed by atoms with Crippen molar-refractivity contribution in [2.24, 2.45) is 0 Å². The summed E-state index contributed by atoms with van der Waals surface area (Å²) in [7, 11) is 0. The highest BCUT2D eigenvalue weighted by molar-refractivity contribution is 5.17. The van der Waals surface area contributed by atoms with E-state index in [1.54, 1.807) is 0 Å². The summed E-state index contributed by atoms with van der Waals surface area (Å²) in [5.41, 5.74) is 1.24. The van der Waals surface area contributed by atoms with Gasteiger partial charge < -0.3 is 4.74 Å². The molecule has 0 saturated heterocycles. The van der Waals surface area contributed by atoms with Crippen LogP contribution < -0.4 is 0 Å². The van der Waals surface area contributed by atoms with Gasteiger partial charge in [0.1, 0.15) is 0 Å². The van der Waals surface area contributed by atoms with Crippen LogP contribution in [-0.2, 0) is 4.74 Å². The molecular weight excluding hydrogens is 196 g/mol. The molecule has 0 radical (unpaired) electrons. The molecule has 0 saturated carbocycles. The van der Waals surface area contributed by atoms with Crippen LogP contribution >= 0.6 is 0 Å². The van der Waals surface area contributed by atoms with E-state index in [1.165, 1.54) is 18.4 Å². The van der Waals surface area contributed by atoms with Crippen molar-refractivity contribution in [3.8, 4) is 0 Å². The summed E-state index contributed by atoms with van der Waals surface area (Å²) in [5, 5.41) is 0. The normalized spacial score (nSPS) is 15.1. The van der Waals surface area contributed by atoms with Crippen molar-refractivity contribution in [1.82, 2.24) is 0 Å². The summed E-state index contributed by atoms with van der Waals surface area (Å²) in [5.74, 6) is 0. The fourth-order valence-corrected chi connectivity index (χ4v) is 1.50. The van der Waals surface area contributed by atoms with Gasteiger partial charge in [-0.2, -0.15) is 0 Å². The largest absolute Gasteiger partial charge is 0.369 e. The molecule has 1 nitrogen and oxygen atoms in total. The Morgan fingerprint density at radius 1 is 1.19 bits per heavy atom. The molecule has 92 valence electrons. The highest BCUT2D eigenvalue weighted by Gasteiger charge is 2.04. The van der Waals surface area contributed by atoms with Crippen molar-refractivity contribution in [3.05, 3.63) is 36.0 Å². The van der Waals surface area contributed by atoms with Crippen molar-refractivity contribution in [3.63, 3.8) is 0 Å². The van der Waals surface area contributed by atoms with E-state index in [4.69, 9.17) is 4.74 Å². The maximum Gasteiger partial charge on any atom is 0.0760 e. The third kappa shape index (κ3) is 7.47. The summed E-state index contributed by atoms with van der Waals surface area (Å²) >= 11 is 0. The Balaban J connectivity index is 4.09. The molecule has 0 aromatic heterocycles. The molecule has 0 heterocycles. The number of rotatable bonds is 8. The minimum atomic E-state index is 0.269. The van der Waals surface area contributed by atoms with Crippen LogP contribution in [-0.4, -0.2) is 12.7 Å². The lowest BCUT2D eigenvalue weighted by atomic mass is 10.1. The van der Waals surface area contributed by atoms with Crippen molar-refractivity contribution >= 4 is 0 Å². The second-order valence-electron chi connectivity index (χ2n) is 3.88. The first-order chi connectivity index (χ1) is 7.78. The lowest BCUT2D eigenvalue weighted by Gasteiger charge is -2.14. The van der Waals surface area contributed by atoms with E-state index in [0.717, 1.165) is 6.42 Å². The predicted octanol–water partition coefficient (Wildman–Crippen LogP) is 4.66. The predicted molar refractivity (Wildman–Crippen MR) is 72.7 cm³/mol. The Hall–Kier alpha value is -0.820. The first-order valence-corrected chi connectivity index (χ1v) is 6.30. The van der Waals surface area contributed by atoms with Crippen LogP contribution in [0.25, 0.3) is 0 Å². The van der Waals surface area contributed by atoms with Crippen LogP contribution in [0, 0.1) is 0 Å². The van der Waals surface area contributed by atoms with Crippen LogP contribution in [0.1, 0.15) is 47.0 Å². The molecule has 1 atom stereocenters. The smallest absolute Gasteiger partial charge is 0.0760 e. The summed E-state index contributed by atoms with van der Waals surface area (Å²) in [4.78, 5) is 0. The zero-order valence-electron chi connectivity index (χ0n) is 11.2. The summed E-state index contributed by atoms with van der Waals surface area (Å²) < 4.78 is 5.88. The zero-order valence-corrected chi connectivity index (χ0v) is 11.2. The maximum absolute atomic E-state index is 5.88. The van der Waals surface area contributed by atoms with E-state index in [9.17, 15) is 0 Å². The van der Waals surface area contributed by atoms with Crippen molar-refractivity contribution in [1.29, 1.82) is 0 Å². The summed E-state index contributed by atoms with van der Waals surface area (Å²) in [6, 6.07) is 0. The van der Waals surface area contributed by atoms with Crippen LogP contribution in [0.3, 0.4) is 0 Å². The number of unbranched alkanes of at least 4 members (excludes halogenated alkanes) is 1. The SMILES string of the molecule is C/C=C\C(=C/C)COC(/C=C/C)CCCC. The fourth-order valence-electron chi connectivity index (χ4n) is 1.50. The van der Waals surface area contributed by atoms with Gasteiger partial charge in [0.05, 0.1) is 12.7 Å². The Morgan fingerprint density at radius 3 is 2.44 bits per heavy atom. The molecule has 0 fully saturated rings. The maximum atomic E-state index is 5.88. The molecular formula is C15H26O. The van der Waals surface area contributed by atoms with E-state index >= 15 is 0 Å². The topological polar surface area (TPSA) is 9.23 Å². The van der Waals surface area contributed by atoms with E-state index in [-0.39, 0.29) is 6.10 Å². The van der Waals surface area contributed by atoms with Gasteiger partial charge in [0.25, 0.3) is 0 Å². The number of ether oxygens (including phenoxy) is 1. The van der Waals surface area contributed by atoms with Crippen molar-refractivity contribution < 1.29 is 4.74 Å². The molecule has 1 heteroatoms. The second kappa shape index (κ2) is 10.7. The third-order valence-electron chi connectivity index (χ3n) is 2.46. The first kappa shape index (κ1) is 15.2. The second-order valence-corrected chi connectivity index (χ2v) is 3.88. The minimum Gasteiger partial charge on any atom is -0.369 e. The Morgan fingerprint density at radius 2 is 1.94 bits per heavy atom. The molecule has 0 bridgehead atoms. The highest BCUT2D eigenvalue weighted by Crippen LogP contribution is 2.09. The van der Waals surface area contributed by atoms with Gasteiger partial charge in [-0.15, -0.1) is 0 Å². The number of allylic oxidation sites excluding steroid dienone is 3. The molecule has 0 spiro atoms. The average Bonchev–Trinajstić information content (AvgIpc) is 2.30. The molecule has 16 heavy (non-hydrogen) atoms. The lowest BCUT2D eigenvalue weighted by Crippen LogP contribution is -2.11. The molecule has 0 rings (SSSR count). The van der Waals surface area contributed by atoms with E-state index < -0.39 is 0 Å². The van der Waals surface area contributed by atoms with Gasteiger partial charge in [0.15, 0.2) is 0 Å². The number of hydrogen-bond donors (Lipinski definition) is 0. The molecule has 0 aliphatic carbocycles. The number of hydrogen-bond acceptors (Lipinski definition) is 1. The highest BCUT2D eigenvalue weighted by atomic mass is 16.5. The quantitative estimate of drug-likeness (QED) is 0.428. The van der Waals surface area contributed by atoms with Crippen LogP contribution in [0.5, 0.6) is 0 Å². The Kier molecular flexibility index (Phi) is 10.1. The van der Waals surface area contributed by atoms with Gasteiger partial charge in [-0.1, -0.05) is 50.1 Å². The molecule has 0 aliphatic rings. The van der Waals surface area contributed by atoms with Crippen molar-refractivity contribution in [2.75, 3.05) is 6.61 Å². The molecule has 0 aliphatic heterocycles. The molecule has 1 unspecified atom stereocenters. The average molecular weight is 222 g/mol. The molecule has 0 aromatic rings. The van der Waals surface area contributed by atoms with Crippen LogP contribution in [0.2, 0.25) is 0 Å². The van der Waals surface area contributed by atoms with Crippen LogP contribution in [0.15, 0.2) is 36.0 Å². The van der Waals surface area contributed by atoms with E-state index in [0.29, 0.717) is 6.61 Å². The van der Waals surface area contributed by atoms with Gasteiger partial charge in [0.2, 0.25) is 0 Å². The Bertz CT molecular complexity index is 236. The monoisotopic (exact) mass is 222 g/mol. The van der Waals surface area contributed by atoms with Gasteiger partial charge in [-0.3, -0.25) is 0 Å². The van der Waals surface area contributed by atoms with Gasteiger partial charge in [0, 0.05) is 0 Å². The van der Waals surface area contributed by atoms with Gasteiger partial charge in [-0.25, -0.2) is 0 Å². The summed E-state index contributed by atoms with van der Waals surface area (Å²) in [6.07, 6.45) is 14.3. The minimum absolute atomic E-state index is 0.269. The molecule has 0 N–H and O–H groups in total. The third-order valence-corrected chi connectivity index (χ3v) is 2.46. The van der Waals surface area contributed by atoms with Gasteiger partial charge >= 0.3 is 0 Å². The lowest BCUT2D eigenvalue weighted by molar-refractivity contribution is 0.0972. The molecule has 0 aromatic carbocycles. The van der Waals surface area contributed by atoms with E-state index in [2.05, 4.69) is 44.2 Å². The zero-order chi connectivity index (χ0) is 12.2. The van der Waals surface area contributed by atoms with E-state index in [1.807, 2.05) is 13.8 Å². The van der Waals surface area contributed by atoms with Crippen molar-refractivity contribution in [2.45, 2.75) is 53.1 Å². The van der Waals surface area contributed by atoms with Gasteiger partial charge in [-0.05, 0) is 32.8 Å². The molecule has 0 amide bonds. The fraction of sp³-hybridized carbons (Fsp3) is 0.600. The Labute approximate surface area is 101 Å². The first-order valence-electron chi connectivity index (χ1n) is 6.30.